The van der Waals surface area contributed by atoms with Crippen LogP contribution in [-0.4, -0.2) is 29.2 Å². The minimum absolute atomic E-state index is 0.0199. The first-order valence-corrected chi connectivity index (χ1v) is 5.08. The van der Waals surface area contributed by atoms with Crippen LogP contribution < -0.4 is 5.32 Å². The van der Waals surface area contributed by atoms with Crippen molar-refractivity contribution in [2.24, 2.45) is 0 Å². The number of anilines is 1. The molecule has 6 nitrogen and oxygen atoms in total. The van der Waals surface area contributed by atoms with Crippen molar-refractivity contribution in [3.8, 4) is 0 Å². The van der Waals surface area contributed by atoms with Crippen LogP contribution in [0.1, 0.15) is 13.8 Å². The van der Waals surface area contributed by atoms with E-state index < -0.39 is 4.92 Å². The lowest BCUT2D eigenvalue weighted by molar-refractivity contribution is -0.384. The molecule has 88 valence electrons. The number of hydrogen-bond acceptors (Lipinski definition) is 5. The van der Waals surface area contributed by atoms with Crippen molar-refractivity contribution in [1.82, 2.24) is 4.98 Å². The molecule has 0 saturated carbocycles. The van der Waals surface area contributed by atoms with E-state index in [1.807, 2.05) is 13.8 Å². The van der Waals surface area contributed by atoms with Gasteiger partial charge in [0.05, 0.1) is 11.5 Å². The fraction of sp³-hybridized carbons (Fsp3) is 0.500. The summed E-state index contributed by atoms with van der Waals surface area (Å²) in [5.41, 5.74) is -0.0224. The van der Waals surface area contributed by atoms with Gasteiger partial charge in [-0.25, -0.2) is 4.98 Å². The first-order valence-electron chi connectivity index (χ1n) is 5.08. The van der Waals surface area contributed by atoms with Crippen molar-refractivity contribution in [1.29, 1.82) is 0 Å². The van der Waals surface area contributed by atoms with E-state index in [1.165, 1.54) is 18.3 Å². The third-order valence-corrected chi connectivity index (χ3v) is 1.94. The number of nitrogens with one attached hydrogen (secondary N) is 1. The van der Waals surface area contributed by atoms with Crippen LogP contribution in [0.15, 0.2) is 18.3 Å². The van der Waals surface area contributed by atoms with Gasteiger partial charge in [-0.2, -0.15) is 0 Å². The molecule has 0 aliphatic carbocycles. The highest BCUT2D eigenvalue weighted by Crippen LogP contribution is 2.20. The van der Waals surface area contributed by atoms with Gasteiger partial charge in [0.1, 0.15) is 0 Å². The van der Waals surface area contributed by atoms with Crippen LogP contribution in [0.3, 0.4) is 0 Å². The van der Waals surface area contributed by atoms with Crippen LogP contribution >= 0.6 is 0 Å². The first kappa shape index (κ1) is 12.4. The minimum Gasteiger partial charge on any atom is -0.380 e. The Morgan fingerprint density at radius 3 is 3.06 bits per heavy atom. The Labute approximate surface area is 93.8 Å². The quantitative estimate of drug-likeness (QED) is 0.590. The Morgan fingerprint density at radius 1 is 1.69 bits per heavy atom. The highest BCUT2D eigenvalue weighted by atomic mass is 16.6. The van der Waals surface area contributed by atoms with E-state index in [0.29, 0.717) is 13.2 Å². The number of aromatic nitrogens is 1. The standard InChI is InChI=1S/C10H15N3O3/c1-3-16-7-8(2)12-10-9(13(14)15)5-4-6-11-10/h4-6,8H,3,7H2,1-2H3,(H,11,12). The number of nitro groups is 1. The molecule has 0 spiro atoms. The molecule has 0 saturated heterocycles. The average Bonchev–Trinajstić information content (AvgIpc) is 2.27. The molecular formula is C10H15N3O3. The minimum atomic E-state index is -0.456. The second-order valence-corrected chi connectivity index (χ2v) is 3.33. The number of hydrogen-bond donors (Lipinski definition) is 1. The summed E-state index contributed by atoms with van der Waals surface area (Å²) in [7, 11) is 0. The second kappa shape index (κ2) is 6.02. The molecule has 0 bridgehead atoms. The molecule has 1 atom stereocenters. The van der Waals surface area contributed by atoms with Crippen LogP contribution in [0.2, 0.25) is 0 Å². The molecule has 6 heteroatoms. The summed E-state index contributed by atoms with van der Waals surface area (Å²) < 4.78 is 5.21. The lowest BCUT2D eigenvalue weighted by Crippen LogP contribution is -2.22. The Kier molecular flexibility index (Phi) is 4.65. The van der Waals surface area contributed by atoms with Gasteiger partial charge in [-0.05, 0) is 19.9 Å². The summed E-state index contributed by atoms with van der Waals surface area (Å²) in [5, 5.41) is 13.7. The van der Waals surface area contributed by atoms with E-state index in [2.05, 4.69) is 10.3 Å². The maximum Gasteiger partial charge on any atom is 0.311 e. The molecule has 16 heavy (non-hydrogen) atoms. The third kappa shape index (κ3) is 3.47. The Bertz CT molecular complexity index is 357. The fourth-order valence-corrected chi connectivity index (χ4v) is 1.23. The van der Waals surface area contributed by atoms with Gasteiger partial charge in [-0.1, -0.05) is 0 Å². The number of ether oxygens (including phenoxy) is 1. The summed E-state index contributed by atoms with van der Waals surface area (Å²) in [6.45, 7) is 4.89. The van der Waals surface area contributed by atoms with Crippen molar-refractivity contribution in [2.75, 3.05) is 18.5 Å². The summed E-state index contributed by atoms with van der Waals surface area (Å²) in [5.74, 6) is 0.278. The maximum absolute atomic E-state index is 10.7. The van der Waals surface area contributed by atoms with Crippen LogP contribution in [-0.2, 0) is 4.74 Å². The molecule has 0 aliphatic heterocycles. The van der Waals surface area contributed by atoms with Crippen molar-refractivity contribution in [3.05, 3.63) is 28.4 Å². The largest absolute Gasteiger partial charge is 0.380 e. The van der Waals surface area contributed by atoms with Crippen molar-refractivity contribution in [3.63, 3.8) is 0 Å². The molecule has 0 radical (unpaired) electrons. The predicted octanol–water partition coefficient (Wildman–Crippen LogP) is 1.83. The molecule has 1 rings (SSSR count). The zero-order valence-corrected chi connectivity index (χ0v) is 9.34. The van der Waals surface area contributed by atoms with Gasteiger partial charge < -0.3 is 10.1 Å². The fourth-order valence-electron chi connectivity index (χ4n) is 1.23. The van der Waals surface area contributed by atoms with Gasteiger partial charge in [0, 0.05) is 24.9 Å². The lowest BCUT2D eigenvalue weighted by atomic mass is 10.3. The molecular weight excluding hydrogens is 210 g/mol. The molecule has 0 aromatic carbocycles. The zero-order chi connectivity index (χ0) is 12.0. The number of pyridine rings is 1. The molecule has 1 aromatic heterocycles. The SMILES string of the molecule is CCOCC(C)Nc1ncccc1[N+](=O)[O-]. The Hall–Kier alpha value is -1.69. The van der Waals surface area contributed by atoms with E-state index in [4.69, 9.17) is 4.74 Å². The van der Waals surface area contributed by atoms with Gasteiger partial charge in [0.15, 0.2) is 0 Å². The predicted molar refractivity (Wildman–Crippen MR) is 60.5 cm³/mol. The highest BCUT2D eigenvalue weighted by Gasteiger charge is 2.15. The zero-order valence-electron chi connectivity index (χ0n) is 9.34. The number of nitrogens with zero attached hydrogens (tertiary/aromatic N) is 2. The molecule has 1 N–H and O–H groups in total. The van der Waals surface area contributed by atoms with E-state index in [0.717, 1.165) is 0 Å². The first-order chi connectivity index (χ1) is 7.65. The molecule has 0 amide bonds. The summed E-state index contributed by atoms with van der Waals surface area (Å²) in [6.07, 6.45) is 1.52. The average molecular weight is 225 g/mol. The topological polar surface area (TPSA) is 77.3 Å². The summed E-state index contributed by atoms with van der Waals surface area (Å²) in [6, 6.07) is 2.94. The van der Waals surface area contributed by atoms with Crippen molar-refractivity contribution in [2.45, 2.75) is 19.9 Å². The summed E-state index contributed by atoms with van der Waals surface area (Å²) >= 11 is 0. The molecule has 1 heterocycles. The Morgan fingerprint density at radius 2 is 2.44 bits per heavy atom. The van der Waals surface area contributed by atoms with Gasteiger partial charge in [0.25, 0.3) is 0 Å². The van der Waals surface area contributed by atoms with Crippen LogP contribution in [0.25, 0.3) is 0 Å². The van der Waals surface area contributed by atoms with E-state index in [9.17, 15) is 10.1 Å². The van der Waals surface area contributed by atoms with Crippen LogP contribution in [0.5, 0.6) is 0 Å². The molecule has 1 aromatic rings. The lowest BCUT2D eigenvalue weighted by Gasteiger charge is -2.13. The normalized spacial score (nSPS) is 12.1. The van der Waals surface area contributed by atoms with E-state index in [-0.39, 0.29) is 17.5 Å². The van der Waals surface area contributed by atoms with Gasteiger partial charge >= 0.3 is 5.69 Å². The van der Waals surface area contributed by atoms with E-state index in [1.54, 1.807) is 0 Å². The van der Waals surface area contributed by atoms with Crippen molar-refractivity contribution < 1.29 is 9.66 Å². The monoisotopic (exact) mass is 225 g/mol. The van der Waals surface area contributed by atoms with Gasteiger partial charge in [-0.3, -0.25) is 10.1 Å². The van der Waals surface area contributed by atoms with Crippen LogP contribution in [0, 0.1) is 10.1 Å². The maximum atomic E-state index is 10.7. The molecule has 1 unspecified atom stereocenters. The molecule has 0 aliphatic rings. The van der Waals surface area contributed by atoms with Gasteiger partial charge in [0.2, 0.25) is 5.82 Å². The van der Waals surface area contributed by atoms with Gasteiger partial charge in [-0.15, -0.1) is 0 Å². The molecule has 0 fully saturated rings. The Balaban J connectivity index is 2.69. The number of rotatable bonds is 6. The van der Waals surface area contributed by atoms with E-state index >= 15 is 0 Å². The van der Waals surface area contributed by atoms with Crippen LogP contribution in [0.4, 0.5) is 11.5 Å². The summed E-state index contributed by atoms with van der Waals surface area (Å²) in [4.78, 5) is 14.2. The van der Waals surface area contributed by atoms with Crippen molar-refractivity contribution >= 4 is 11.5 Å². The second-order valence-electron chi connectivity index (χ2n) is 3.33. The smallest absolute Gasteiger partial charge is 0.311 e. The highest BCUT2D eigenvalue weighted by molar-refractivity contribution is 5.55. The third-order valence-electron chi connectivity index (χ3n) is 1.94.